The van der Waals surface area contributed by atoms with Crippen molar-refractivity contribution in [2.45, 2.75) is 63.5 Å². The second-order valence-corrected chi connectivity index (χ2v) is 10.6. The molecule has 1 heterocycles. The van der Waals surface area contributed by atoms with E-state index < -0.39 is 26.7 Å². The lowest BCUT2D eigenvalue weighted by molar-refractivity contribution is -0.129. The van der Waals surface area contributed by atoms with Crippen LogP contribution in [0.4, 0.5) is 5.69 Å². The van der Waals surface area contributed by atoms with Crippen LogP contribution in [-0.2, 0) is 45.1 Å². The molecular weight excluding hydrogens is 376 g/mol. The molecule has 7 heteroatoms. The van der Waals surface area contributed by atoms with E-state index in [1.54, 1.807) is 4.90 Å². The van der Waals surface area contributed by atoms with E-state index in [4.69, 9.17) is 0 Å². The highest BCUT2D eigenvalue weighted by Gasteiger charge is 2.34. The zero-order valence-corrected chi connectivity index (χ0v) is 17.2. The molecule has 0 spiro atoms. The maximum atomic E-state index is 12.8. The molecule has 152 valence electrons. The van der Waals surface area contributed by atoms with Crippen LogP contribution in [0, 0.1) is 0 Å². The summed E-state index contributed by atoms with van der Waals surface area (Å²) in [5, 5.41) is 2.32. The number of carbonyl (C=O) groups excluding carboxylic acids is 2. The van der Waals surface area contributed by atoms with Gasteiger partial charge < -0.3 is 10.2 Å². The number of sulfone groups is 1. The van der Waals surface area contributed by atoms with Gasteiger partial charge in [0.1, 0.15) is 5.75 Å². The van der Waals surface area contributed by atoms with Crippen LogP contribution in [0.5, 0.6) is 0 Å². The summed E-state index contributed by atoms with van der Waals surface area (Å²) >= 11 is 0. The average molecular weight is 405 g/mol. The lowest BCUT2D eigenvalue weighted by Gasteiger charge is -2.31. The molecule has 0 bridgehead atoms. The number of hydrogen-bond acceptors (Lipinski definition) is 4. The highest BCUT2D eigenvalue weighted by molar-refractivity contribution is 7.92. The van der Waals surface area contributed by atoms with Gasteiger partial charge in [0.05, 0.1) is 5.25 Å². The Kier molecular flexibility index (Phi) is 5.21. The summed E-state index contributed by atoms with van der Waals surface area (Å²) in [6, 6.07) is 2.29. The Labute approximate surface area is 166 Å². The van der Waals surface area contributed by atoms with Gasteiger partial charge in [0, 0.05) is 25.7 Å². The van der Waals surface area contributed by atoms with Crippen molar-refractivity contribution in [3.05, 3.63) is 28.3 Å². The Morgan fingerprint density at radius 3 is 2.32 bits per heavy atom. The van der Waals surface area contributed by atoms with Gasteiger partial charge in [-0.2, -0.15) is 0 Å². The van der Waals surface area contributed by atoms with Crippen molar-refractivity contribution in [1.29, 1.82) is 0 Å². The summed E-state index contributed by atoms with van der Waals surface area (Å²) in [4.78, 5) is 25.9. The highest BCUT2D eigenvalue weighted by atomic mass is 32.2. The topological polar surface area (TPSA) is 83.6 Å². The lowest BCUT2D eigenvalue weighted by atomic mass is 9.98. The fourth-order valence-corrected chi connectivity index (χ4v) is 6.57. The Morgan fingerprint density at radius 1 is 1.07 bits per heavy atom. The fraction of sp³-hybridized carbons (Fsp3) is 0.619. The minimum atomic E-state index is -3.60. The maximum Gasteiger partial charge on any atom is 0.239 e. The van der Waals surface area contributed by atoms with Gasteiger partial charge in [-0.15, -0.1) is 0 Å². The lowest BCUT2D eigenvalue weighted by Crippen LogP contribution is -2.46. The van der Waals surface area contributed by atoms with Crippen LogP contribution in [0.15, 0.2) is 6.07 Å². The Morgan fingerprint density at radius 2 is 1.71 bits per heavy atom. The molecule has 0 radical (unpaired) electrons. The molecule has 6 nitrogen and oxygen atoms in total. The normalized spacial score (nSPS) is 21.3. The number of rotatable bonds is 4. The summed E-state index contributed by atoms with van der Waals surface area (Å²) in [7, 11) is -3.60. The smallest absolute Gasteiger partial charge is 0.239 e. The number of amides is 2. The molecule has 2 aliphatic carbocycles. The molecule has 1 atom stereocenters. The molecule has 1 saturated heterocycles. The van der Waals surface area contributed by atoms with Crippen LogP contribution in [0.3, 0.4) is 0 Å². The number of benzene rings is 1. The first kappa shape index (κ1) is 19.4. The average Bonchev–Trinajstić information content (AvgIpc) is 3.30. The van der Waals surface area contributed by atoms with Crippen LogP contribution in [0.25, 0.3) is 0 Å². The van der Waals surface area contributed by atoms with Gasteiger partial charge in [-0.1, -0.05) is 6.07 Å². The van der Waals surface area contributed by atoms with Crippen molar-refractivity contribution in [2.75, 3.05) is 24.2 Å². The molecule has 3 aliphatic rings. The van der Waals surface area contributed by atoms with Gasteiger partial charge >= 0.3 is 0 Å². The summed E-state index contributed by atoms with van der Waals surface area (Å²) in [6.07, 6.45) is 7.30. The van der Waals surface area contributed by atoms with E-state index in [0.717, 1.165) is 44.2 Å². The fourth-order valence-electron chi connectivity index (χ4n) is 4.96. The molecule has 1 fully saturated rings. The summed E-state index contributed by atoms with van der Waals surface area (Å²) in [6.45, 7) is 2.25. The summed E-state index contributed by atoms with van der Waals surface area (Å²) in [5.41, 5.74) is 5.90. The van der Waals surface area contributed by atoms with E-state index in [9.17, 15) is 18.0 Å². The number of likely N-dealkylation sites (tertiary alicyclic amines) is 1. The van der Waals surface area contributed by atoms with Crippen molar-refractivity contribution in [3.63, 3.8) is 0 Å². The van der Waals surface area contributed by atoms with Gasteiger partial charge in [-0.05, 0) is 73.6 Å². The number of piperidine rings is 1. The van der Waals surface area contributed by atoms with Gasteiger partial charge in [0.2, 0.25) is 11.8 Å². The molecule has 2 amide bonds. The minimum absolute atomic E-state index is 0.111. The first-order valence-corrected chi connectivity index (χ1v) is 12.0. The van der Waals surface area contributed by atoms with Crippen LogP contribution in [0.2, 0.25) is 0 Å². The molecule has 1 aliphatic heterocycles. The zero-order valence-electron chi connectivity index (χ0n) is 16.4. The summed E-state index contributed by atoms with van der Waals surface area (Å²) in [5.74, 6) is -1.07. The molecular formula is C21H28N2O4S. The van der Waals surface area contributed by atoms with E-state index in [-0.39, 0.29) is 12.5 Å². The second-order valence-electron chi connectivity index (χ2n) is 8.32. The summed E-state index contributed by atoms with van der Waals surface area (Å²) < 4.78 is 25.6. The number of anilines is 1. The van der Waals surface area contributed by atoms with Crippen LogP contribution >= 0.6 is 0 Å². The van der Waals surface area contributed by atoms with Crippen molar-refractivity contribution < 1.29 is 18.0 Å². The second kappa shape index (κ2) is 7.50. The third-order valence-corrected chi connectivity index (χ3v) is 8.47. The first-order chi connectivity index (χ1) is 13.3. The van der Waals surface area contributed by atoms with E-state index in [0.29, 0.717) is 19.4 Å². The number of aryl methyl sites for hydroxylation is 2. The quantitative estimate of drug-likeness (QED) is 0.832. The van der Waals surface area contributed by atoms with Crippen LogP contribution in [0.1, 0.15) is 54.9 Å². The van der Waals surface area contributed by atoms with E-state index in [1.807, 2.05) is 0 Å². The van der Waals surface area contributed by atoms with Gasteiger partial charge in [-0.3, -0.25) is 9.59 Å². The highest BCUT2D eigenvalue weighted by Crippen LogP contribution is 2.38. The van der Waals surface area contributed by atoms with E-state index >= 15 is 0 Å². The molecule has 1 N–H and O–H groups in total. The Hall–Kier alpha value is -1.89. The van der Waals surface area contributed by atoms with Crippen LogP contribution < -0.4 is 5.32 Å². The zero-order chi connectivity index (χ0) is 19.9. The molecule has 1 aromatic carbocycles. The minimum Gasteiger partial charge on any atom is -0.342 e. The largest absolute Gasteiger partial charge is 0.342 e. The number of hydrogen-bond donors (Lipinski definition) is 1. The molecule has 0 aromatic heterocycles. The van der Waals surface area contributed by atoms with Crippen molar-refractivity contribution in [1.82, 2.24) is 4.90 Å². The Balaban J connectivity index is 1.50. The van der Waals surface area contributed by atoms with Crippen molar-refractivity contribution in [3.8, 4) is 0 Å². The Bertz CT molecular complexity index is 891. The maximum absolute atomic E-state index is 12.8. The van der Waals surface area contributed by atoms with Crippen molar-refractivity contribution >= 4 is 27.3 Å². The number of nitrogens with one attached hydrogen (secondary N) is 1. The molecule has 4 rings (SSSR count). The van der Waals surface area contributed by atoms with Gasteiger partial charge in [-0.25, -0.2) is 8.42 Å². The predicted molar refractivity (Wildman–Crippen MR) is 108 cm³/mol. The third kappa shape index (κ3) is 3.69. The number of carbonyl (C=O) groups is 2. The first-order valence-electron chi connectivity index (χ1n) is 10.3. The van der Waals surface area contributed by atoms with Gasteiger partial charge in [0.15, 0.2) is 9.84 Å². The number of fused-ring (bicyclic) bond motifs is 2. The van der Waals surface area contributed by atoms with Crippen molar-refractivity contribution in [2.24, 2.45) is 0 Å². The van der Waals surface area contributed by atoms with E-state index in [1.165, 1.54) is 29.2 Å². The predicted octanol–water partition coefficient (Wildman–Crippen LogP) is 2.03. The molecule has 28 heavy (non-hydrogen) atoms. The SMILES string of the molecule is CC(=O)N1CCCC(S(=O)(=O)CC(=O)Nc2c3c(cc4c2CCC4)CCC3)C1. The standard InChI is InChI=1S/C21H28N2O4S/c1-14(24)23-10-4-7-17(12-23)28(26,27)13-20(25)22-21-18-8-2-5-15(18)11-16-6-3-9-19(16)21/h11,17H,2-10,12-13H2,1H3,(H,22,25). The monoisotopic (exact) mass is 404 g/mol. The van der Waals surface area contributed by atoms with Gasteiger partial charge in [0.25, 0.3) is 0 Å². The third-order valence-electron chi connectivity index (χ3n) is 6.40. The molecule has 0 saturated carbocycles. The van der Waals surface area contributed by atoms with E-state index in [2.05, 4.69) is 11.4 Å². The van der Waals surface area contributed by atoms with Crippen LogP contribution in [-0.4, -0.2) is 49.2 Å². The molecule has 1 unspecified atom stereocenters. The molecule has 1 aromatic rings. The number of nitrogens with zero attached hydrogens (tertiary/aromatic N) is 1.